The van der Waals surface area contributed by atoms with Crippen LogP contribution >= 0.6 is 12.6 Å². The van der Waals surface area contributed by atoms with Crippen LogP contribution in [0.3, 0.4) is 0 Å². The van der Waals surface area contributed by atoms with E-state index in [0.717, 1.165) is 12.2 Å². The van der Waals surface area contributed by atoms with Gasteiger partial charge in [-0.1, -0.05) is 59.7 Å². The lowest BCUT2D eigenvalue weighted by Crippen LogP contribution is -2.04. The molecule has 0 aliphatic carbocycles. The van der Waals surface area contributed by atoms with Gasteiger partial charge in [-0.2, -0.15) is 12.6 Å². The van der Waals surface area contributed by atoms with Crippen molar-refractivity contribution in [3.05, 3.63) is 70.8 Å². The van der Waals surface area contributed by atoms with Crippen LogP contribution in [-0.2, 0) is 6.42 Å². The Labute approximate surface area is 128 Å². The molecule has 0 saturated heterocycles. The highest BCUT2D eigenvalue weighted by Crippen LogP contribution is 2.26. The van der Waals surface area contributed by atoms with E-state index in [2.05, 4.69) is 75.0 Å². The Kier molecular flexibility index (Phi) is 5.72. The van der Waals surface area contributed by atoms with Gasteiger partial charge in [0.1, 0.15) is 0 Å². The van der Waals surface area contributed by atoms with Crippen molar-refractivity contribution >= 4 is 12.6 Å². The fourth-order valence-corrected chi connectivity index (χ4v) is 2.75. The number of benzene rings is 2. The van der Waals surface area contributed by atoms with Crippen LogP contribution in [0.1, 0.15) is 41.0 Å². The molecule has 0 aliphatic heterocycles. The van der Waals surface area contributed by atoms with Gasteiger partial charge in [0.25, 0.3) is 0 Å². The summed E-state index contributed by atoms with van der Waals surface area (Å²) in [5.74, 6) is 1.57. The summed E-state index contributed by atoms with van der Waals surface area (Å²) < 4.78 is 0. The largest absolute Gasteiger partial charge is 0.179 e. The Balaban J connectivity index is 2.14. The minimum atomic E-state index is 0.602. The molecule has 106 valence electrons. The third-order valence-corrected chi connectivity index (χ3v) is 4.18. The summed E-state index contributed by atoms with van der Waals surface area (Å²) in [5, 5.41) is 0. The van der Waals surface area contributed by atoms with Crippen LogP contribution in [0, 0.1) is 13.8 Å². The third-order valence-electron chi connectivity index (χ3n) is 3.86. The van der Waals surface area contributed by atoms with Gasteiger partial charge >= 0.3 is 0 Å². The van der Waals surface area contributed by atoms with Gasteiger partial charge < -0.3 is 0 Å². The van der Waals surface area contributed by atoms with E-state index in [1.54, 1.807) is 0 Å². The van der Waals surface area contributed by atoms with Gasteiger partial charge in [0.05, 0.1) is 0 Å². The summed E-state index contributed by atoms with van der Waals surface area (Å²) >= 11 is 4.36. The van der Waals surface area contributed by atoms with Crippen molar-refractivity contribution in [1.82, 2.24) is 0 Å². The van der Waals surface area contributed by atoms with Crippen LogP contribution in [-0.4, -0.2) is 5.75 Å². The fraction of sp³-hybridized carbons (Fsp3) is 0.368. The molecule has 0 heterocycles. The van der Waals surface area contributed by atoms with E-state index in [9.17, 15) is 0 Å². The van der Waals surface area contributed by atoms with Crippen molar-refractivity contribution in [2.45, 2.75) is 39.0 Å². The SMILES string of the molecule is Cc1ccc(CC(CCCS)c2ccc(C)cc2)cc1. The molecule has 0 fully saturated rings. The van der Waals surface area contributed by atoms with Crippen LogP contribution in [0.4, 0.5) is 0 Å². The van der Waals surface area contributed by atoms with Crippen LogP contribution < -0.4 is 0 Å². The predicted octanol–water partition coefficient (Wildman–Crippen LogP) is 5.34. The van der Waals surface area contributed by atoms with Crippen molar-refractivity contribution < 1.29 is 0 Å². The van der Waals surface area contributed by atoms with Crippen LogP contribution in [0.15, 0.2) is 48.5 Å². The lowest BCUT2D eigenvalue weighted by Gasteiger charge is -2.18. The minimum Gasteiger partial charge on any atom is -0.179 e. The normalized spacial score (nSPS) is 12.3. The lowest BCUT2D eigenvalue weighted by atomic mass is 9.88. The Morgan fingerprint density at radius 1 is 0.850 bits per heavy atom. The topological polar surface area (TPSA) is 0 Å². The molecule has 0 radical (unpaired) electrons. The molecule has 20 heavy (non-hydrogen) atoms. The van der Waals surface area contributed by atoms with E-state index >= 15 is 0 Å². The highest BCUT2D eigenvalue weighted by Gasteiger charge is 2.12. The molecule has 0 N–H and O–H groups in total. The van der Waals surface area contributed by atoms with Crippen LogP contribution in [0.5, 0.6) is 0 Å². The molecule has 1 atom stereocenters. The summed E-state index contributed by atoms with van der Waals surface area (Å²) in [4.78, 5) is 0. The zero-order valence-corrected chi connectivity index (χ0v) is 13.4. The fourth-order valence-electron chi connectivity index (χ4n) is 2.57. The zero-order chi connectivity index (χ0) is 14.4. The van der Waals surface area contributed by atoms with E-state index in [0.29, 0.717) is 5.92 Å². The van der Waals surface area contributed by atoms with E-state index in [-0.39, 0.29) is 0 Å². The van der Waals surface area contributed by atoms with Gasteiger partial charge in [-0.3, -0.25) is 0 Å². The van der Waals surface area contributed by atoms with E-state index in [1.165, 1.54) is 35.1 Å². The Morgan fingerprint density at radius 2 is 1.40 bits per heavy atom. The molecule has 0 aromatic heterocycles. The molecule has 0 nitrogen and oxygen atoms in total. The lowest BCUT2D eigenvalue weighted by molar-refractivity contribution is 0.614. The van der Waals surface area contributed by atoms with Crippen molar-refractivity contribution in [3.63, 3.8) is 0 Å². The van der Waals surface area contributed by atoms with Gasteiger partial charge in [0.2, 0.25) is 0 Å². The molecule has 0 spiro atoms. The van der Waals surface area contributed by atoms with E-state index in [4.69, 9.17) is 0 Å². The first kappa shape index (κ1) is 15.2. The number of rotatable bonds is 6. The zero-order valence-electron chi connectivity index (χ0n) is 12.5. The van der Waals surface area contributed by atoms with E-state index < -0.39 is 0 Å². The highest BCUT2D eigenvalue weighted by atomic mass is 32.1. The molecule has 0 aliphatic rings. The Bertz CT molecular complexity index is 510. The maximum Gasteiger partial charge on any atom is -0.00977 e. The molecular weight excluding hydrogens is 260 g/mol. The summed E-state index contributed by atoms with van der Waals surface area (Å²) in [6, 6.07) is 17.9. The van der Waals surface area contributed by atoms with Crippen LogP contribution in [0.25, 0.3) is 0 Å². The molecular formula is C19H24S. The molecule has 2 aromatic rings. The molecule has 0 saturated carbocycles. The molecule has 0 amide bonds. The smallest absolute Gasteiger partial charge is 0.00977 e. The van der Waals surface area contributed by atoms with Gasteiger partial charge in [0.15, 0.2) is 0 Å². The number of thiol groups is 1. The average Bonchev–Trinajstić information content (AvgIpc) is 2.46. The first-order chi connectivity index (χ1) is 9.69. The van der Waals surface area contributed by atoms with Gasteiger partial charge in [-0.25, -0.2) is 0 Å². The van der Waals surface area contributed by atoms with Crippen LogP contribution in [0.2, 0.25) is 0 Å². The molecule has 0 bridgehead atoms. The number of hydrogen-bond acceptors (Lipinski definition) is 1. The van der Waals surface area contributed by atoms with Crippen molar-refractivity contribution in [1.29, 1.82) is 0 Å². The first-order valence-electron chi connectivity index (χ1n) is 7.42. The average molecular weight is 284 g/mol. The third kappa shape index (κ3) is 4.42. The Morgan fingerprint density at radius 3 is 1.95 bits per heavy atom. The number of aryl methyl sites for hydroxylation is 2. The van der Waals surface area contributed by atoms with Gasteiger partial charge in [0, 0.05) is 0 Å². The molecule has 2 rings (SSSR count). The molecule has 1 unspecified atom stereocenters. The maximum atomic E-state index is 4.36. The standard InChI is InChI=1S/C19H24S/c1-15-5-9-17(10-6-15)14-19(4-3-13-20)18-11-7-16(2)8-12-18/h5-12,19-20H,3-4,13-14H2,1-2H3. The second-order valence-electron chi connectivity index (χ2n) is 5.66. The summed E-state index contributed by atoms with van der Waals surface area (Å²) in [6.07, 6.45) is 3.51. The predicted molar refractivity (Wildman–Crippen MR) is 91.9 cm³/mol. The second kappa shape index (κ2) is 7.54. The quantitative estimate of drug-likeness (QED) is 0.680. The minimum absolute atomic E-state index is 0.602. The second-order valence-corrected chi connectivity index (χ2v) is 6.11. The van der Waals surface area contributed by atoms with E-state index in [1.807, 2.05) is 0 Å². The Hall–Kier alpha value is -1.21. The van der Waals surface area contributed by atoms with Crippen molar-refractivity contribution in [2.24, 2.45) is 0 Å². The summed E-state index contributed by atoms with van der Waals surface area (Å²) in [5.41, 5.74) is 5.55. The van der Waals surface area contributed by atoms with Crippen molar-refractivity contribution in [3.8, 4) is 0 Å². The summed E-state index contributed by atoms with van der Waals surface area (Å²) in [6.45, 7) is 4.29. The summed E-state index contributed by atoms with van der Waals surface area (Å²) in [7, 11) is 0. The van der Waals surface area contributed by atoms with Gasteiger partial charge in [-0.05, 0) is 55.9 Å². The molecule has 2 aromatic carbocycles. The molecule has 1 heteroatoms. The van der Waals surface area contributed by atoms with Gasteiger partial charge in [-0.15, -0.1) is 0 Å². The number of hydrogen-bond donors (Lipinski definition) is 1. The highest BCUT2D eigenvalue weighted by molar-refractivity contribution is 7.80. The maximum absolute atomic E-state index is 4.36. The first-order valence-corrected chi connectivity index (χ1v) is 8.05. The monoisotopic (exact) mass is 284 g/mol. The van der Waals surface area contributed by atoms with Crippen molar-refractivity contribution in [2.75, 3.05) is 5.75 Å².